The van der Waals surface area contributed by atoms with Gasteiger partial charge in [0.1, 0.15) is 0 Å². The zero-order valence-corrected chi connectivity index (χ0v) is 17.6. The lowest BCUT2D eigenvalue weighted by Gasteiger charge is -2.13. The van der Waals surface area contributed by atoms with Crippen LogP contribution in [0, 0.1) is 0 Å². The molecule has 0 aliphatic heterocycles. The van der Waals surface area contributed by atoms with Gasteiger partial charge in [0.25, 0.3) is 5.91 Å². The van der Waals surface area contributed by atoms with Crippen LogP contribution in [0.5, 0.6) is 0 Å². The second kappa shape index (κ2) is 10.2. The summed E-state index contributed by atoms with van der Waals surface area (Å²) in [6, 6.07) is 14.2. The van der Waals surface area contributed by atoms with Gasteiger partial charge in [0.15, 0.2) is 6.10 Å². The number of hydrogen-bond donors (Lipinski definition) is 1. The largest absolute Gasteiger partial charge is 0.453 e. The number of carbonyl (C=O) groups excluding carboxylic acids is 2. The summed E-state index contributed by atoms with van der Waals surface area (Å²) in [5.41, 5.74) is 1.53. The van der Waals surface area contributed by atoms with Crippen LogP contribution in [0.2, 0.25) is 10.0 Å². The smallest absolute Gasteiger partial charge is 0.307 e. The predicted octanol–water partition coefficient (Wildman–Crippen LogP) is 4.22. The molecule has 0 radical (unpaired) electrons. The monoisotopic (exact) mass is 447 g/mol. The molecule has 1 aromatic heterocycles. The number of rotatable bonds is 8. The molecule has 1 unspecified atom stereocenters. The predicted molar refractivity (Wildman–Crippen MR) is 112 cm³/mol. The van der Waals surface area contributed by atoms with E-state index >= 15 is 0 Å². The molecule has 0 aliphatic carbocycles. The number of halogens is 2. The SMILES string of the molecule is CC(OC(=O)CCc1nc(-c2ccc(Cl)cc2)no1)C(=O)NCc1ccccc1Cl. The van der Waals surface area contributed by atoms with Crippen molar-refractivity contribution in [3.63, 3.8) is 0 Å². The maximum absolute atomic E-state index is 12.1. The first kappa shape index (κ1) is 21.8. The van der Waals surface area contributed by atoms with E-state index in [9.17, 15) is 9.59 Å². The van der Waals surface area contributed by atoms with Crippen LogP contribution in [0.4, 0.5) is 0 Å². The minimum Gasteiger partial charge on any atom is -0.453 e. The molecule has 0 saturated carbocycles. The molecule has 1 atom stereocenters. The Balaban J connectivity index is 1.44. The number of carbonyl (C=O) groups is 2. The molecule has 7 nitrogen and oxygen atoms in total. The molecule has 1 amide bonds. The van der Waals surface area contributed by atoms with E-state index in [1.807, 2.05) is 12.1 Å². The van der Waals surface area contributed by atoms with Crippen LogP contribution in [0.15, 0.2) is 53.1 Å². The molecule has 0 bridgehead atoms. The highest BCUT2D eigenvalue weighted by Crippen LogP contribution is 2.19. The molecule has 2 aromatic carbocycles. The molecule has 3 aromatic rings. The Morgan fingerprint density at radius 3 is 2.60 bits per heavy atom. The van der Waals surface area contributed by atoms with Gasteiger partial charge in [-0.3, -0.25) is 9.59 Å². The van der Waals surface area contributed by atoms with Gasteiger partial charge >= 0.3 is 5.97 Å². The number of hydrogen-bond acceptors (Lipinski definition) is 6. The fourth-order valence-electron chi connectivity index (χ4n) is 2.56. The van der Waals surface area contributed by atoms with Gasteiger partial charge in [-0.25, -0.2) is 0 Å². The summed E-state index contributed by atoms with van der Waals surface area (Å²) < 4.78 is 10.3. The van der Waals surface area contributed by atoms with Gasteiger partial charge in [0.2, 0.25) is 11.7 Å². The maximum Gasteiger partial charge on any atom is 0.307 e. The number of aryl methyl sites for hydroxylation is 1. The second-order valence-electron chi connectivity index (χ2n) is 6.46. The number of nitrogens with zero attached hydrogens (tertiary/aromatic N) is 2. The van der Waals surface area contributed by atoms with E-state index in [0.717, 1.165) is 11.1 Å². The summed E-state index contributed by atoms with van der Waals surface area (Å²) in [6.45, 7) is 1.75. The first-order valence-corrected chi connectivity index (χ1v) is 9.97. The van der Waals surface area contributed by atoms with Gasteiger partial charge in [-0.2, -0.15) is 4.98 Å². The van der Waals surface area contributed by atoms with Crippen LogP contribution in [-0.4, -0.2) is 28.1 Å². The van der Waals surface area contributed by atoms with E-state index in [0.29, 0.717) is 21.8 Å². The van der Waals surface area contributed by atoms with Crippen LogP contribution in [0.1, 0.15) is 24.8 Å². The third-order valence-corrected chi connectivity index (χ3v) is 4.82. The zero-order chi connectivity index (χ0) is 21.5. The van der Waals surface area contributed by atoms with E-state index in [4.69, 9.17) is 32.5 Å². The lowest BCUT2D eigenvalue weighted by atomic mass is 10.2. The molecule has 30 heavy (non-hydrogen) atoms. The summed E-state index contributed by atoms with van der Waals surface area (Å²) in [5.74, 6) is -0.247. The fourth-order valence-corrected chi connectivity index (χ4v) is 2.89. The Kier molecular flexibility index (Phi) is 7.43. The quantitative estimate of drug-likeness (QED) is 0.519. The highest BCUT2D eigenvalue weighted by atomic mass is 35.5. The molecule has 1 heterocycles. The maximum atomic E-state index is 12.1. The van der Waals surface area contributed by atoms with Crippen LogP contribution >= 0.6 is 23.2 Å². The van der Waals surface area contributed by atoms with Crippen LogP contribution in [0.3, 0.4) is 0 Å². The average molecular weight is 448 g/mol. The summed E-state index contributed by atoms with van der Waals surface area (Å²) in [7, 11) is 0. The van der Waals surface area contributed by atoms with Crippen molar-refractivity contribution in [1.82, 2.24) is 15.5 Å². The number of ether oxygens (including phenoxy) is 1. The van der Waals surface area contributed by atoms with Crippen molar-refractivity contribution in [3.8, 4) is 11.4 Å². The molecule has 0 saturated heterocycles. The Hall–Kier alpha value is -2.90. The van der Waals surface area contributed by atoms with Gasteiger partial charge in [-0.1, -0.05) is 46.6 Å². The van der Waals surface area contributed by atoms with Gasteiger partial charge in [0.05, 0.1) is 6.42 Å². The molecular formula is C21H19Cl2N3O4. The van der Waals surface area contributed by atoms with E-state index < -0.39 is 18.0 Å². The van der Waals surface area contributed by atoms with Crippen molar-refractivity contribution in [1.29, 1.82) is 0 Å². The number of amides is 1. The molecule has 0 fully saturated rings. The highest BCUT2D eigenvalue weighted by Gasteiger charge is 2.19. The Labute approximate surface area is 183 Å². The molecule has 1 N–H and O–H groups in total. The van der Waals surface area contributed by atoms with E-state index in [1.165, 1.54) is 6.92 Å². The molecular weight excluding hydrogens is 429 g/mol. The van der Waals surface area contributed by atoms with Crippen molar-refractivity contribution >= 4 is 35.1 Å². The number of benzene rings is 2. The topological polar surface area (TPSA) is 94.3 Å². The summed E-state index contributed by atoms with van der Waals surface area (Å²) >= 11 is 11.9. The van der Waals surface area contributed by atoms with Crippen LogP contribution < -0.4 is 5.32 Å². The standard InChI is InChI=1S/C21H19Cl2N3O4/c1-13(21(28)24-12-15-4-2-3-5-17(15)23)29-19(27)11-10-18-25-20(26-30-18)14-6-8-16(22)9-7-14/h2-9,13H,10-12H2,1H3,(H,24,28). The lowest BCUT2D eigenvalue weighted by molar-refractivity contribution is -0.154. The van der Waals surface area contributed by atoms with Gasteiger partial charge in [-0.05, 0) is 42.8 Å². The van der Waals surface area contributed by atoms with E-state index in [1.54, 1.807) is 36.4 Å². The Morgan fingerprint density at radius 1 is 1.13 bits per heavy atom. The average Bonchev–Trinajstić information content (AvgIpc) is 3.21. The van der Waals surface area contributed by atoms with E-state index in [-0.39, 0.29) is 19.4 Å². The zero-order valence-electron chi connectivity index (χ0n) is 16.1. The van der Waals surface area contributed by atoms with Crippen molar-refractivity contribution in [3.05, 3.63) is 70.0 Å². The molecule has 0 aliphatic rings. The summed E-state index contributed by atoms with van der Waals surface area (Å²) in [4.78, 5) is 28.4. The second-order valence-corrected chi connectivity index (χ2v) is 7.30. The number of aromatic nitrogens is 2. The summed E-state index contributed by atoms with van der Waals surface area (Å²) in [5, 5.41) is 7.74. The molecule has 156 valence electrons. The Bertz CT molecular complexity index is 1020. The lowest BCUT2D eigenvalue weighted by Crippen LogP contribution is -2.35. The van der Waals surface area contributed by atoms with E-state index in [2.05, 4.69) is 15.5 Å². The highest BCUT2D eigenvalue weighted by molar-refractivity contribution is 6.31. The molecule has 3 rings (SSSR count). The van der Waals surface area contributed by atoms with Gasteiger partial charge in [-0.15, -0.1) is 0 Å². The summed E-state index contributed by atoms with van der Waals surface area (Å²) in [6.07, 6.45) is -0.732. The van der Waals surface area contributed by atoms with Crippen LogP contribution in [-0.2, 0) is 27.3 Å². The minimum atomic E-state index is -0.938. The molecule has 0 spiro atoms. The van der Waals surface area contributed by atoms with Crippen molar-refractivity contribution in [2.45, 2.75) is 32.4 Å². The van der Waals surface area contributed by atoms with Crippen molar-refractivity contribution < 1.29 is 18.8 Å². The minimum absolute atomic E-state index is 0.00435. The Morgan fingerprint density at radius 2 is 1.87 bits per heavy atom. The molecule has 9 heteroatoms. The first-order valence-electron chi connectivity index (χ1n) is 9.21. The van der Waals surface area contributed by atoms with Crippen molar-refractivity contribution in [2.24, 2.45) is 0 Å². The first-order chi connectivity index (χ1) is 14.4. The number of nitrogens with one attached hydrogen (secondary N) is 1. The van der Waals surface area contributed by atoms with Crippen molar-refractivity contribution in [2.75, 3.05) is 0 Å². The fraction of sp³-hybridized carbons (Fsp3) is 0.238. The van der Waals surface area contributed by atoms with Gasteiger partial charge in [0, 0.05) is 28.6 Å². The van der Waals surface area contributed by atoms with Crippen LogP contribution in [0.25, 0.3) is 11.4 Å². The number of esters is 1. The normalized spacial score (nSPS) is 11.7. The van der Waals surface area contributed by atoms with Gasteiger partial charge < -0.3 is 14.6 Å². The third kappa shape index (κ3) is 6.05. The third-order valence-electron chi connectivity index (χ3n) is 4.20.